The summed E-state index contributed by atoms with van der Waals surface area (Å²) in [6.07, 6.45) is 3.56. The molecule has 0 fully saturated rings. The van der Waals surface area contributed by atoms with Gasteiger partial charge in [-0.3, -0.25) is 13.8 Å². The molecule has 0 N–H and O–H groups in total. The van der Waals surface area contributed by atoms with Crippen molar-refractivity contribution in [1.29, 1.82) is 0 Å². The summed E-state index contributed by atoms with van der Waals surface area (Å²) in [7, 11) is 0. The lowest BCUT2D eigenvalue weighted by Crippen LogP contribution is -2.21. The van der Waals surface area contributed by atoms with Gasteiger partial charge in [-0.1, -0.05) is 67.5 Å². The normalized spacial score (nSPS) is 11.5. The smallest absolute Gasteiger partial charge is 0.279 e. The highest BCUT2D eigenvalue weighted by atomic mass is 35.5. The van der Waals surface area contributed by atoms with E-state index in [4.69, 9.17) is 11.6 Å². The first-order chi connectivity index (χ1) is 14.0. The summed E-state index contributed by atoms with van der Waals surface area (Å²) in [5.41, 5.74) is 4.19. The first-order valence-electron chi connectivity index (χ1n) is 9.39. The molecule has 0 amide bonds. The van der Waals surface area contributed by atoms with Gasteiger partial charge in [0.15, 0.2) is 5.16 Å². The van der Waals surface area contributed by atoms with Crippen LogP contribution >= 0.6 is 23.4 Å². The third-order valence-electron chi connectivity index (χ3n) is 4.95. The van der Waals surface area contributed by atoms with Crippen LogP contribution in [-0.2, 0) is 5.75 Å². The molecule has 148 valence electrons. The monoisotopic (exact) mass is 424 g/mol. The second-order valence-electron chi connectivity index (χ2n) is 7.22. The predicted molar refractivity (Wildman–Crippen MR) is 118 cm³/mol. The van der Waals surface area contributed by atoms with Gasteiger partial charge in [0, 0.05) is 23.2 Å². The predicted octanol–water partition coefficient (Wildman–Crippen LogP) is 5.26. The lowest BCUT2D eigenvalue weighted by atomic mass is 10.0. The van der Waals surface area contributed by atoms with E-state index < -0.39 is 0 Å². The number of aromatic nitrogens is 4. The third-order valence-corrected chi connectivity index (χ3v) is 6.38. The molecule has 0 saturated heterocycles. The molecule has 2 heterocycles. The fraction of sp³-hybridized carbons (Fsp3) is 0.227. The van der Waals surface area contributed by atoms with Crippen molar-refractivity contribution in [3.05, 3.63) is 86.9 Å². The number of thioether (sulfide) groups is 1. The van der Waals surface area contributed by atoms with Crippen LogP contribution < -0.4 is 5.56 Å². The highest BCUT2D eigenvalue weighted by molar-refractivity contribution is 7.98. The molecule has 2 aromatic carbocycles. The van der Waals surface area contributed by atoms with Crippen LogP contribution in [0, 0.1) is 6.92 Å². The lowest BCUT2D eigenvalue weighted by Gasteiger charge is -2.10. The molecule has 7 heteroatoms. The van der Waals surface area contributed by atoms with Crippen LogP contribution in [0.4, 0.5) is 0 Å². The SMILES string of the molecule is Cc1c(Cl)cccc1-n1ccn2c(SCc3ccc(C(C)C)cc3)nnc2c1=O. The molecule has 5 nitrogen and oxygen atoms in total. The average Bonchev–Trinajstić information content (AvgIpc) is 3.13. The topological polar surface area (TPSA) is 52.2 Å². The lowest BCUT2D eigenvalue weighted by molar-refractivity contribution is 0.865. The zero-order valence-corrected chi connectivity index (χ0v) is 18.0. The largest absolute Gasteiger partial charge is 0.300 e. The molecule has 0 aliphatic rings. The van der Waals surface area contributed by atoms with Crippen LogP contribution in [0.25, 0.3) is 11.3 Å². The molecular weight excluding hydrogens is 404 g/mol. The number of halogens is 1. The van der Waals surface area contributed by atoms with Crippen molar-refractivity contribution in [2.24, 2.45) is 0 Å². The third kappa shape index (κ3) is 3.82. The van der Waals surface area contributed by atoms with E-state index in [9.17, 15) is 4.79 Å². The van der Waals surface area contributed by atoms with Crippen molar-refractivity contribution in [2.75, 3.05) is 0 Å². The highest BCUT2D eigenvalue weighted by Crippen LogP contribution is 2.24. The number of nitrogens with zero attached hydrogens (tertiary/aromatic N) is 4. The maximum absolute atomic E-state index is 13.0. The molecular formula is C22H21ClN4OS. The Morgan fingerprint density at radius 1 is 1.07 bits per heavy atom. The van der Waals surface area contributed by atoms with Gasteiger partial charge in [-0.25, -0.2) is 0 Å². The van der Waals surface area contributed by atoms with Crippen LogP contribution in [0.3, 0.4) is 0 Å². The maximum Gasteiger partial charge on any atom is 0.300 e. The number of fused-ring (bicyclic) bond motifs is 1. The van der Waals surface area contributed by atoms with Gasteiger partial charge in [-0.05, 0) is 41.7 Å². The van der Waals surface area contributed by atoms with Gasteiger partial charge in [-0.15, -0.1) is 10.2 Å². The Bertz CT molecular complexity index is 1230. The maximum atomic E-state index is 13.0. The Balaban J connectivity index is 1.62. The molecule has 0 saturated carbocycles. The van der Waals surface area contributed by atoms with Crippen LogP contribution in [0.5, 0.6) is 0 Å². The summed E-state index contributed by atoms with van der Waals surface area (Å²) in [5.74, 6) is 1.28. The van der Waals surface area contributed by atoms with E-state index in [1.807, 2.05) is 31.3 Å². The molecule has 0 aliphatic heterocycles. The van der Waals surface area contributed by atoms with Gasteiger partial charge < -0.3 is 0 Å². The summed E-state index contributed by atoms with van der Waals surface area (Å²) in [5, 5.41) is 9.68. The van der Waals surface area contributed by atoms with Crippen molar-refractivity contribution in [3.8, 4) is 5.69 Å². The number of benzene rings is 2. The Hall–Kier alpha value is -2.57. The number of rotatable bonds is 5. The van der Waals surface area contributed by atoms with E-state index in [0.29, 0.717) is 21.7 Å². The molecule has 0 bridgehead atoms. The van der Waals surface area contributed by atoms with Crippen LogP contribution in [-0.4, -0.2) is 19.2 Å². The molecule has 0 spiro atoms. The van der Waals surface area contributed by atoms with E-state index in [0.717, 1.165) is 17.0 Å². The molecule has 0 atom stereocenters. The van der Waals surface area contributed by atoms with E-state index in [2.05, 4.69) is 48.3 Å². The number of hydrogen-bond acceptors (Lipinski definition) is 4. The zero-order chi connectivity index (χ0) is 20.5. The Kier molecular flexibility index (Phi) is 5.48. The van der Waals surface area contributed by atoms with Gasteiger partial charge >= 0.3 is 5.56 Å². The molecule has 0 radical (unpaired) electrons. The second kappa shape index (κ2) is 8.05. The van der Waals surface area contributed by atoms with Crippen LogP contribution in [0.2, 0.25) is 5.02 Å². The average molecular weight is 425 g/mol. The van der Waals surface area contributed by atoms with Crippen molar-refractivity contribution in [3.63, 3.8) is 0 Å². The summed E-state index contributed by atoms with van der Waals surface area (Å²) in [6, 6.07) is 14.1. The molecule has 4 rings (SSSR count). The van der Waals surface area contributed by atoms with Crippen molar-refractivity contribution in [2.45, 2.75) is 37.6 Å². The molecule has 0 unspecified atom stereocenters. The van der Waals surface area contributed by atoms with E-state index in [1.54, 1.807) is 26.9 Å². The minimum Gasteiger partial charge on any atom is -0.279 e. The molecule has 29 heavy (non-hydrogen) atoms. The first-order valence-corrected chi connectivity index (χ1v) is 10.8. The van der Waals surface area contributed by atoms with Crippen molar-refractivity contribution < 1.29 is 0 Å². The van der Waals surface area contributed by atoms with Gasteiger partial charge in [0.2, 0.25) is 5.65 Å². The number of hydrogen-bond donors (Lipinski definition) is 0. The second-order valence-corrected chi connectivity index (χ2v) is 8.57. The van der Waals surface area contributed by atoms with E-state index in [-0.39, 0.29) is 5.56 Å². The molecule has 0 aliphatic carbocycles. The Labute approximate surface area is 178 Å². The van der Waals surface area contributed by atoms with Gasteiger partial charge in [0.25, 0.3) is 0 Å². The fourth-order valence-electron chi connectivity index (χ4n) is 3.16. The zero-order valence-electron chi connectivity index (χ0n) is 16.5. The molecule has 4 aromatic rings. The standard InChI is InChI=1S/C22H21ClN4OS/c1-14(2)17-9-7-16(8-10-17)13-29-22-25-24-20-21(28)26(11-12-27(20)22)19-6-4-5-18(23)15(19)3/h4-12,14H,13H2,1-3H3. The van der Waals surface area contributed by atoms with Gasteiger partial charge in [-0.2, -0.15) is 0 Å². The van der Waals surface area contributed by atoms with E-state index >= 15 is 0 Å². The summed E-state index contributed by atoms with van der Waals surface area (Å²) in [4.78, 5) is 13.0. The summed E-state index contributed by atoms with van der Waals surface area (Å²) >= 11 is 7.77. The Morgan fingerprint density at radius 2 is 1.83 bits per heavy atom. The van der Waals surface area contributed by atoms with Crippen LogP contribution in [0.1, 0.15) is 36.5 Å². The highest BCUT2D eigenvalue weighted by Gasteiger charge is 2.14. The minimum absolute atomic E-state index is 0.224. The van der Waals surface area contributed by atoms with Crippen LogP contribution in [0.15, 0.2) is 64.8 Å². The Morgan fingerprint density at radius 3 is 2.55 bits per heavy atom. The van der Waals surface area contributed by atoms with Gasteiger partial charge in [0.1, 0.15) is 0 Å². The van der Waals surface area contributed by atoms with Gasteiger partial charge in [0.05, 0.1) is 5.69 Å². The van der Waals surface area contributed by atoms with Crippen molar-refractivity contribution in [1.82, 2.24) is 19.2 Å². The molecule has 2 aromatic heterocycles. The van der Waals surface area contributed by atoms with Crippen molar-refractivity contribution >= 4 is 29.0 Å². The van der Waals surface area contributed by atoms with E-state index in [1.165, 1.54) is 11.1 Å². The first kappa shape index (κ1) is 19.7. The fourth-order valence-corrected chi connectivity index (χ4v) is 4.20. The summed E-state index contributed by atoms with van der Waals surface area (Å²) < 4.78 is 3.30. The minimum atomic E-state index is -0.224. The quantitative estimate of drug-likeness (QED) is 0.410. The summed E-state index contributed by atoms with van der Waals surface area (Å²) in [6.45, 7) is 6.26.